The number of rotatable bonds is 22. The van der Waals surface area contributed by atoms with Crippen molar-refractivity contribution in [2.45, 2.75) is 228 Å². The highest BCUT2D eigenvalue weighted by Crippen LogP contribution is 2.26. The monoisotopic (exact) mass is 1320 g/mol. The number of carbonyl (C=O) groups is 11. The Morgan fingerprint density at radius 1 is 0.527 bits per heavy atom. The van der Waals surface area contributed by atoms with Crippen LogP contribution in [0, 0.1) is 35.5 Å². The smallest absolute Gasteiger partial charge is 0.248 e. The highest BCUT2D eigenvalue weighted by Gasteiger charge is 2.47. The molecular weight excluding hydrogens is 1200 g/mol. The van der Waals surface area contributed by atoms with Gasteiger partial charge in [-0.3, -0.25) is 52.7 Å². The van der Waals surface area contributed by atoms with Gasteiger partial charge in [-0.1, -0.05) is 108 Å². The summed E-state index contributed by atoms with van der Waals surface area (Å²) in [5.74, 6) is -10.9. The quantitative estimate of drug-likeness (QED) is 0.0671. The van der Waals surface area contributed by atoms with Crippen LogP contribution in [0.1, 0.15) is 150 Å². The molecule has 1 aliphatic heterocycles. The van der Waals surface area contributed by atoms with Gasteiger partial charge in [-0.15, -0.1) is 6.58 Å². The minimum absolute atomic E-state index is 0.0693. The minimum atomic E-state index is -1.71. The van der Waals surface area contributed by atoms with Crippen LogP contribution in [0.4, 0.5) is 0 Å². The Morgan fingerprint density at radius 2 is 0.989 bits per heavy atom. The SMILES string of the molecule is C=CCOC[C@@H]1C(=O)N(C)C([C@@H](C)OCCO)C(=O)N[C@@H](C(C)C)C(=O)N(C)[C@@H](CC(C)C)C(=O)N[C@@H](C)C(=O)N[C@H](C)C(=O)N(C)[C@@H](CC(C)C)C(=O)N(C)[C@@H](CC(C)C)C(=O)N(C)[C@@H](C(C)C)C(=O)N(C)[C@@H]([C@H](O)[C@H](C)/C=C/C)C(=O)N[C@@H](CC)C(=O)N1CCC. The molecule has 1 aliphatic rings. The molecule has 0 aliphatic carbocycles. The second-order valence-electron chi connectivity index (χ2n) is 26.9. The summed E-state index contributed by atoms with van der Waals surface area (Å²) in [5, 5.41) is 33.0. The van der Waals surface area contributed by atoms with E-state index in [0.717, 1.165) is 9.80 Å². The number of likely N-dealkylation sites (N-methyl/N-ethyl adjacent to an activating group) is 6. The fraction of sp³-hybridized carbons (Fsp3) is 0.776. The van der Waals surface area contributed by atoms with E-state index in [-0.39, 0.29) is 69.6 Å². The number of amides is 11. The summed E-state index contributed by atoms with van der Waals surface area (Å²) in [6.45, 7) is 31.3. The maximum Gasteiger partial charge on any atom is 0.248 e. The first kappa shape index (κ1) is 84.5. The average Bonchev–Trinajstić information content (AvgIpc) is 0.823. The minimum Gasteiger partial charge on any atom is -0.394 e. The van der Waals surface area contributed by atoms with Gasteiger partial charge < -0.3 is 75.3 Å². The molecule has 0 bridgehead atoms. The lowest BCUT2D eigenvalue weighted by Gasteiger charge is -2.41. The van der Waals surface area contributed by atoms with Crippen molar-refractivity contribution in [3.63, 3.8) is 0 Å². The lowest BCUT2D eigenvalue weighted by Crippen LogP contribution is -2.65. The molecular formula is C67H119N11O15. The lowest BCUT2D eigenvalue weighted by molar-refractivity contribution is -0.158. The van der Waals surface area contributed by atoms with Gasteiger partial charge in [0, 0.05) is 54.7 Å². The molecule has 6 N–H and O–H groups in total. The fourth-order valence-electron chi connectivity index (χ4n) is 11.7. The van der Waals surface area contributed by atoms with Gasteiger partial charge in [-0.2, -0.15) is 0 Å². The van der Waals surface area contributed by atoms with Crippen molar-refractivity contribution in [3.8, 4) is 0 Å². The maximum atomic E-state index is 15.4. The summed E-state index contributed by atoms with van der Waals surface area (Å²) in [7, 11) is 8.32. The molecule has 1 rings (SSSR count). The van der Waals surface area contributed by atoms with Crippen LogP contribution >= 0.6 is 0 Å². The Bertz CT molecular complexity index is 2530. The first-order valence-corrected chi connectivity index (χ1v) is 33.1. The molecule has 1 unspecified atom stereocenters. The second-order valence-corrected chi connectivity index (χ2v) is 26.9. The Balaban J connectivity index is 4.63. The van der Waals surface area contributed by atoms with E-state index in [1.54, 1.807) is 67.5 Å². The van der Waals surface area contributed by atoms with Gasteiger partial charge in [0.05, 0.1) is 38.6 Å². The van der Waals surface area contributed by atoms with Crippen molar-refractivity contribution < 1.29 is 72.4 Å². The highest BCUT2D eigenvalue weighted by atomic mass is 16.5. The van der Waals surface area contributed by atoms with Gasteiger partial charge in [-0.25, -0.2) is 0 Å². The third kappa shape index (κ3) is 23.7. The van der Waals surface area contributed by atoms with Gasteiger partial charge in [0.25, 0.3) is 0 Å². The lowest BCUT2D eigenvalue weighted by atomic mass is 9.93. The predicted octanol–water partition coefficient (Wildman–Crippen LogP) is 2.58. The van der Waals surface area contributed by atoms with Gasteiger partial charge in [0.1, 0.15) is 66.5 Å². The Labute approximate surface area is 555 Å². The van der Waals surface area contributed by atoms with Crippen molar-refractivity contribution in [1.29, 1.82) is 0 Å². The van der Waals surface area contributed by atoms with Crippen LogP contribution in [-0.2, 0) is 62.2 Å². The molecule has 1 fully saturated rings. The molecule has 0 saturated carbocycles. The summed E-state index contributed by atoms with van der Waals surface area (Å²) in [6, 6.07) is -14.9. The van der Waals surface area contributed by atoms with E-state index in [1.807, 2.05) is 41.5 Å². The summed E-state index contributed by atoms with van der Waals surface area (Å²) >= 11 is 0. The van der Waals surface area contributed by atoms with Crippen molar-refractivity contribution in [1.82, 2.24) is 55.6 Å². The predicted molar refractivity (Wildman–Crippen MR) is 356 cm³/mol. The van der Waals surface area contributed by atoms with Crippen molar-refractivity contribution in [2.75, 3.05) is 75.3 Å². The van der Waals surface area contributed by atoms with Crippen molar-refractivity contribution >= 4 is 65.0 Å². The first-order chi connectivity index (χ1) is 43.3. The molecule has 26 heteroatoms. The number of nitrogens with one attached hydrogen (secondary N) is 4. The Morgan fingerprint density at radius 3 is 1.46 bits per heavy atom. The van der Waals surface area contributed by atoms with Gasteiger partial charge in [0.2, 0.25) is 65.0 Å². The molecule has 11 amide bonds. The molecule has 14 atom stereocenters. The van der Waals surface area contributed by atoms with Crippen LogP contribution in [0.25, 0.3) is 0 Å². The number of ether oxygens (including phenoxy) is 2. The largest absolute Gasteiger partial charge is 0.394 e. The Hall–Kier alpha value is -6.51. The van der Waals surface area contributed by atoms with Crippen LogP contribution in [0.3, 0.4) is 0 Å². The average molecular weight is 1320 g/mol. The van der Waals surface area contributed by atoms with Crippen LogP contribution in [0.5, 0.6) is 0 Å². The summed E-state index contributed by atoms with van der Waals surface area (Å²) in [4.78, 5) is 172. The molecule has 1 heterocycles. The van der Waals surface area contributed by atoms with Crippen molar-refractivity contribution in [3.05, 3.63) is 24.8 Å². The van der Waals surface area contributed by atoms with Crippen LogP contribution in [0.2, 0.25) is 0 Å². The third-order valence-electron chi connectivity index (χ3n) is 17.0. The molecule has 0 spiro atoms. The molecule has 1 saturated heterocycles. The number of nitrogens with zero attached hydrogens (tertiary/aromatic N) is 7. The highest BCUT2D eigenvalue weighted by molar-refractivity contribution is 6.00. The van der Waals surface area contributed by atoms with Crippen LogP contribution < -0.4 is 21.3 Å². The van der Waals surface area contributed by atoms with E-state index in [1.165, 1.54) is 93.6 Å². The van der Waals surface area contributed by atoms with Gasteiger partial charge in [-0.05, 0) is 89.4 Å². The molecule has 532 valence electrons. The number of aliphatic hydroxyl groups is 2. The number of allylic oxidation sites excluding steroid dienone is 1. The van der Waals surface area contributed by atoms with E-state index in [2.05, 4.69) is 27.8 Å². The number of hydrogen-bond acceptors (Lipinski definition) is 15. The summed E-state index contributed by atoms with van der Waals surface area (Å²) in [6.07, 6.45) is 2.52. The van der Waals surface area contributed by atoms with E-state index in [4.69, 9.17) is 9.47 Å². The van der Waals surface area contributed by atoms with Gasteiger partial charge >= 0.3 is 0 Å². The third-order valence-corrected chi connectivity index (χ3v) is 17.0. The molecule has 0 aromatic rings. The zero-order valence-corrected chi connectivity index (χ0v) is 60.3. The standard InChI is InChI=1S/C67H119N11O15/c1-25-29-43(15)56(80)55-60(84)70-47(28-4)62(86)78(30-26-2)51(37-92-32-27-3)65(89)76(23)54(46(18)93-33-31-79)59(83)71-52(41(11)12)66(90)72(19)48(34-38(5)6)58(82)68-44(16)57(81)69-45(17)61(85)73(20)49(35-39(7)8)63(87)74(21)50(36-40(9)10)64(88)75(22)53(42(13)14)67(91)77(55)24/h25,27,29,38-56,79-80H,3,26,28,30-37H2,1-2,4-24H3,(H,68,82)(H,69,81)(H,70,84)(H,71,83)/b29-25+/t43-,44+,45-,46-,47+,48+,49+,50+,51-,52+,53+,54?,55+,56-/m1/s1. The maximum absolute atomic E-state index is 15.4. The van der Waals surface area contributed by atoms with E-state index in [0.29, 0.717) is 0 Å². The second kappa shape index (κ2) is 40.0. The summed E-state index contributed by atoms with van der Waals surface area (Å²) in [5.41, 5.74) is 0. The molecule has 0 radical (unpaired) electrons. The zero-order valence-electron chi connectivity index (χ0n) is 60.3. The zero-order chi connectivity index (χ0) is 71.8. The number of aliphatic hydroxyl groups excluding tert-OH is 2. The molecule has 26 nitrogen and oxygen atoms in total. The van der Waals surface area contributed by atoms with Crippen LogP contribution in [0.15, 0.2) is 24.8 Å². The van der Waals surface area contributed by atoms with Crippen LogP contribution in [-0.4, -0.2) is 263 Å². The first-order valence-electron chi connectivity index (χ1n) is 33.1. The summed E-state index contributed by atoms with van der Waals surface area (Å²) < 4.78 is 11.8. The van der Waals surface area contributed by atoms with Crippen molar-refractivity contribution in [2.24, 2.45) is 35.5 Å². The topological polar surface area (TPSA) is 317 Å². The fourth-order valence-corrected chi connectivity index (χ4v) is 11.7. The normalized spacial score (nSPS) is 26.7. The Kier molecular flexibility index (Phi) is 36.4. The molecule has 93 heavy (non-hydrogen) atoms. The molecule has 0 aromatic carbocycles. The van der Waals surface area contributed by atoms with E-state index < -0.39 is 175 Å². The van der Waals surface area contributed by atoms with E-state index >= 15 is 33.6 Å². The van der Waals surface area contributed by atoms with E-state index in [9.17, 15) is 29.4 Å². The number of hydrogen-bond donors (Lipinski definition) is 6. The van der Waals surface area contributed by atoms with Gasteiger partial charge in [0.15, 0.2) is 0 Å². The number of carbonyl (C=O) groups excluding carboxylic acids is 11. The molecule has 0 aromatic heterocycles.